The van der Waals surface area contributed by atoms with Gasteiger partial charge in [0.15, 0.2) is 0 Å². The summed E-state index contributed by atoms with van der Waals surface area (Å²) in [4.78, 5) is 26.5. The van der Waals surface area contributed by atoms with Crippen LogP contribution in [0.2, 0.25) is 0 Å². The third-order valence-corrected chi connectivity index (χ3v) is 4.24. The van der Waals surface area contributed by atoms with Crippen LogP contribution >= 0.6 is 0 Å². The van der Waals surface area contributed by atoms with Gasteiger partial charge in [-0.25, -0.2) is 4.79 Å². The number of aryl methyl sites for hydroxylation is 1. The van der Waals surface area contributed by atoms with E-state index in [1.54, 1.807) is 24.3 Å². The fraction of sp³-hybridized carbons (Fsp3) is 0.364. The summed E-state index contributed by atoms with van der Waals surface area (Å²) >= 11 is 0. The average molecular weight is 367 g/mol. The van der Waals surface area contributed by atoms with Crippen LogP contribution in [0.15, 0.2) is 48.5 Å². The second-order valence-electron chi connectivity index (χ2n) is 6.66. The molecule has 0 spiro atoms. The molecule has 5 heteroatoms. The number of anilines is 1. The Morgan fingerprint density at radius 2 is 1.48 bits per heavy atom. The van der Waals surface area contributed by atoms with Crippen LogP contribution in [-0.2, 0) is 6.54 Å². The molecule has 27 heavy (non-hydrogen) atoms. The smallest absolute Gasteiger partial charge is 0.319 e. The molecule has 0 aliphatic carbocycles. The first-order valence-electron chi connectivity index (χ1n) is 9.53. The molecule has 0 saturated heterocycles. The van der Waals surface area contributed by atoms with E-state index in [0.717, 1.165) is 31.5 Å². The first kappa shape index (κ1) is 20.5. The van der Waals surface area contributed by atoms with E-state index in [0.29, 0.717) is 17.8 Å². The first-order chi connectivity index (χ1) is 13.0. The number of nitrogens with one attached hydrogen (secondary N) is 2. The molecule has 2 aromatic carbocycles. The lowest BCUT2D eigenvalue weighted by Crippen LogP contribution is -2.32. The zero-order chi connectivity index (χ0) is 19.6. The van der Waals surface area contributed by atoms with Crippen LogP contribution in [-0.4, -0.2) is 29.9 Å². The van der Waals surface area contributed by atoms with E-state index in [2.05, 4.69) is 24.5 Å². The van der Waals surface area contributed by atoms with Gasteiger partial charge in [-0.15, -0.1) is 0 Å². The summed E-state index contributed by atoms with van der Waals surface area (Å²) in [5.41, 5.74) is 3.53. The fourth-order valence-corrected chi connectivity index (χ4v) is 2.80. The zero-order valence-electron chi connectivity index (χ0n) is 16.4. The number of rotatable bonds is 8. The van der Waals surface area contributed by atoms with Crippen molar-refractivity contribution in [2.75, 3.05) is 18.4 Å². The van der Waals surface area contributed by atoms with E-state index in [-0.39, 0.29) is 11.9 Å². The van der Waals surface area contributed by atoms with Crippen LogP contribution < -0.4 is 10.6 Å². The Bertz CT molecular complexity index is 733. The molecule has 0 aromatic heterocycles. The zero-order valence-corrected chi connectivity index (χ0v) is 16.4. The lowest BCUT2D eigenvalue weighted by Gasteiger charge is -2.21. The van der Waals surface area contributed by atoms with Gasteiger partial charge in [0.1, 0.15) is 0 Å². The molecular weight excluding hydrogens is 338 g/mol. The summed E-state index contributed by atoms with van der Waals surface area (Å²) in [6.07, 6.45) is 1.87. The first-order valence-corrected chi connectivity index (χ1v) is 9.53. The second kappa shape index (κ2) is 10.4. The van der Waals surface area contributed by atoms with E-state index in [4.69, 9.17) is 0 Å². The third kappa shape index (κ3) is 6.44. The third-order valence-electron chi connectivity index (χ3n) is 4.24. The molecule has 2 aromatic rings. The monoisotopic (exact) mass is 367 g/mol. The Kier molecular flexibility index (Phi) is 7.86. The Hall–Kier alpha value is -2.82. The number of carbonyl (C=O) groups is 2. The Balaban J connectivity index is 1.89. The second-order valence-corrected chi connectivity index (χ2v) is 6.66. The molecule has 3 amide bonds. The maximum absolute atomic E-state index is 12.6. The van der Waals surface area contributed by atoms with Gasteiger partial charge in [-0.05, 0) is 49.6 Å². The van der Waals surface area contributed by atoms with Gasteiger partial charge in [-0.1, -0.05) is 43.7 Å². The standard InChI is InChI=1S/C22H29N3O2/c1-4-14-25(15-5-2)21(26)19-10-12-20(13-11-19)24-22(27)23-16-18-8-6-17(3)7-9-18/h6-13H,4-5,14-16H2,1-3H3,(H2,23,24,27). The number of hydrogen-bond acceptors (Lipinski definition) is 2. The van der Waals surface area contributed by atoms with Gasteiger partial charge in [0, 0.05) is 30.9 Å². The SMILES string of the molecule is CCCN(CCC)C(=O)c1ccc(NC(=O)NCc2ccc(C)cc2)cc1. The maximum Gasteiger partial charge on any atom is 0.319 e. The van der Waals surface area contributed by atoms with Crippen molar-refractivity contribution in [2.24, 2.45) is 0 Å². The van der Waals surface area contributed by atoms with Crippen LogP contribution in [0.3, 0.4) is 0 Å². The molecule has 0 saturated carbocycles. The van der Waals surface area contributed by atoms with Crippen molar-refractivity contribution in [1.82, 2.24) is 10.2 Å². The van der Waals surface area contributed by atoms with Gasteiger partial charge < -0.3 is 15.5 Å². The van der Waals surface area contributed by atoms with Crippen molar-refractivity contribution in [3.63, 3.8) is 0 Å². The molecule has 0 radical (unpaired) electrons. The molecule has 0 heterocycles. The number of urea groups is 1. The van der Waals surface area contributed by atoms with E-state index in [9.17, 15) is 9.59 Å². The normalized spacial score (nSPS) is 10.3. The molecular formula is C22H29N3O2. The fourth-order valence-electron chi connectivity index (χ4n) is 2.80. The van der Waals surface area contributed by atoms with E-state index in [1.807, 2.05) is 36.1 Å². The summed E-state index contributed by atoms with van der Waals surface area (Å²) in [7, 11) is 0. The number of amides is 3. The highest BCUT2D eigenvalue weighted by molar-refractivity contribution is 5.95. The van der Waals surface area contributed by atoms with Crippen LogP contribution in [0.5, 0.6) is 0 Å². The number of nitrogens with zero attached hydrogens (tertiary/aromatic N) is 1. The average Bonchev–Trinajstić information content (AvgIpc) is 2.67. The molecule has 144 valence electrons. The van der Waals surface area contributed by atoms with Crippen LogP contribution in [0, 0.1) is 6.92 Å². The number of benzene rings is 2. The molecule has 2 N–H and O–H groups in total. The van der Waals surface area contributed by atoms with Gasteiger partial charge in [0.05, 0.1) is 0 Å². The maximum atomic E-state index is 12.6. The van der Waals surface area contributed by atoms with Crippen LogP contribution in [0.1, 0.15) is 48.2 Å². The van der Waals surface area contributed by atoms with Crippen molar-refractivity contribution in [3.8, 4) is 0 Å². The molecule has 0 fully saturated rings. The van der Waals surface area contributed by atoms with Crippen LogP contribution in [0.4, 0.5) is 10.5 Å². The summed E-state index contributed by atoms with van der Waals surface area (Å²) in [5, 5.41) is 5.63. The molecule has 2 rings (SSSR count). The van der Waals surface area contributed by atoms with Gasteiger partial charge in [0.25, 0.3) is 5.91 Å². The van der Waals surface area contributed by atoms with E-state index >= 15 is 0 Å². The highest BCUT2D eigenvalue weighted by Gasteiger charge is 2.14. The van der Waals surface area contributed by atoms with Gasteiger partial charge >= 0.3 is 6.03 Å². The predicted molar refractivity (Wildman–Crippen MR) is 110 cm³/mol. The Morgan fingerprint density at radius 3 is 2.04 bits per heavy atom. The highest BCUT2D eigenvalue weighted by atomic mass is 16.2. The number of hydrogen-bond donors (Lipinski definition) is 2. The van der Waals surface area contributed by atoms with E-state index in [1.165, 1.54) is 5.56 Å². The summed E-state index contributed by atoms with van der Waals surface area (Å²) in [6.45, 7) is 8.15. The Labute approximate surface area is 161 Å². The summed E-state index contributed by atoms with van der Waals surface area (Å²) in [5.74, 6) is 0.0362. The van der Waals surface area contributed by atoms with Gasteiger partial charge in [-0.3, -0.25) is 4.79 Å². The summed E-state index contributed by atoms with van der Waals surface area (Å²) < 4.78 is 0. The lowest BCUT2D eigenvalue weighted by atomic mass is 10.1. The molecule has 5 nitrogen and oxygen atoms in total. The molecule has 0 unspecified atom stereocenters. The quantitative estimate of drug-likeness (QED) is 0.717. The largest absolute Gasteiger partial charge is 0.339 e. The molecule has 0 aliphatic rings. The lowest BCUT2D eigenvalue weighted by molar-refractivity contribution is 0.0755. The minimum atomic E-state index is -0.270. The van der Waals surface area contributed by atoms with E-state index < -0.39 is 0 Å². The van der Waals surface area contributed by atoms with Gasteiger partial charge in [-0.2, -0.15) is 0 Å². The van der Waals surface area contributed by atoms with Gasteiger partial charge in [0.2, 0.25) is 0 Å². The molecule has 0 bridgehead atoms. The number of carbonyl (C=O) groups excluding carboxylic acids is 2. The molecule has 0 atom stereocenters. The van der Waals surface area contributed by atoms with Crippen molar-refractivity contribution < 1.29 is 9.59 Å². The van der Waals surface area contributed by atoms with Crippen molar-refractivity contribution in [2.45, 2.75) is 40.2 Å². The minimum Gasteiger partial charge on any atom is -0.339 e. The highest BCUT2D eigenvalue weighted by Crippen LogP contribution is 2.12. The van der Waals surface area contributed by atoms with Crippen molar-refractivity contribution in [1.29, 1.82) is 0 Å². The van der Waals surface area contributed by atoms with Crippen molar-refractivity contribution >= 4 is 17.6 Å². The minimum absolute atomic E-state index is 0.0362. The summed E-state index contributed by atoms with van der Waals surface area (Å²) in [6, 6.07) is 14.8. The molecule has 0 aliphatic heterocycles. The Morgan fingerprint density at radius 1 is 0.889 bits per heavy atom. The van der Waals surface area contributed by atoms with Crippen LogP contribution in [0.25, 0.3) is 0 Å². The van der Waals surface area contributed by atoms with Crippen molar-refractivity contribution in [3.05, 3.63) is 65.2 Å². The topological polar surface area (TPSA) is 61.4 Å². The predicted octanol–water partition coefficient (Wildman–Crippen LogP) is 4.58.